The second-order valence-electron chi connectivity index (χ2n) is 8.90. The highest BCUT2D eigenvalue weighted by Gasteiger charge is 1.85. The highest BCUT2D eigenvalue weighted by atomic mass is 15.0. The first-order valence-corrected chi connectivity index (χ1v) is 20.3. The van der Waals surface area contributed by atoms with Crippen LogP contribution in [0.15, 0.2) is 110 Å². The van der Waals surface area contributed by atoms with Gasteiger partial charge in [0.05, 0.1) is 0 Å². The molecular formula is C46H81N7. The summed E-state index contributed by atoms with van der Waals surface area (Å²) in [7, 11) is 0. The zero-order valence-corrected chi connectivity index (χ0v) is 37.3. The lowest BCUT2D eigenvalue weighted by atomic mass is 10.2. The summed E-state index contributed by atoms with van der Waals surface area (Å²) in [6, 6.07) is 20.4. The largest absolute Gasteiger partial charge is 0.265 e. The molecule has 0 unspecified atom stereocenters. The van der Waals surface area contributed by atoms with E-state index in [9.17, 15) is 0 Å². The molecule has 1 aromatic carbocycles. The van der Waals surface area contributed by atoms with E-state index in [1.165, 1.54) is 35.8 Å². The van der Waals surface area contributed by atoms with E-state index < -0.39 is 0 Å². The van der Waals surface area contributed by atoms with E-state index in [0.717, 1.165) is 43.8 Å². The number of aryl methyl sites for hydroxylation is 5. The Labute approximate surface area is 329 Å². The summed E-state index contributed by atoms with van der Waals surface area (Å²) in [5.74, 6) is 1.76. The Kier molecular flexibility index (Phi) is 68.4. The first kappa shape index (κ1) is 60.7. The molecule has 0 aliphatic heterocycles. The predicted molar refractivity (Wildman–Crippen MR) is 236 cm³/mol. The molecular weight excluding hydrogens is 651 g/mol. The monoisotopic (exact) mass is 732 g/mol. The average molecular weight is 732 g/mol. The Morgan fingerprint density at radius 1 is 0.340 bits per heavy atom. The van der Waals surface area contributed by atoms with Crippen LogP contribution in [0.3, 0.4) is 0 Å². The molecule has 7 heteroatoms. The van der Waals surface area contributed by atoms with Crippen molar-refractivity contribution in [1.29, 1.82) is 0 Å². The molecule has 4 aromatic heterocycles. The molecule has 0 aliphatic rings. The molecule has 0 bridgehead atoms. The van der Waals surface area contributed by atoms with Gasteiger partial charge in [-0.25, -0.2) is 24.9 Å². The topological polar surface area (TPSA) is 90.2 Å². The van der Waals surface area contributed by atoms with Crippen LogP contribution in [0.4, 0.5) is 0 Å². The summed E-state index contributed by atoms with van der Waals surface area (Å²) in [5.41, 5.74) is 4.06. The van der Waals surface area contributed by atoms with Crippen LogP contribution in [0.1, 0.15) is 152 Å². The number of hydrogen-bond donors (Lipinski definition) is 0. The fourth-order valence-electron chi connectivity index (χ4n) is 2.90. The molecule has 0 saturated carbocycles. The third-order valence-corrected chi connectivity index (χ3v) is 5.34. The quantitative estimate of drug-likeness (QED) is 0.178. The molecule has 5 rings (SSSR count). The lowest BCUT2D eigenvalue weighted by Crippen LogP contribution is -1.90. The molecule has 0 N–H and O–H groups in total. The SMILES string of the molecule is CC.CC.CC.CC.CC.CCC.CCc1ccccc1.CCc1cccnc1.CCc1ccncc1.CCc1ncccn1.CCc1ncncn1. The summed E-state index contributed by atoms with van der Waals surface area (Å²) in [6.45, 7) is 34.7. The van der Waals surface area contributed by atoms with Crippen LogP contribution in [0.25, 0.3) is 0 Å². The lowest BCUT2D eigenvalue weighted by Gasteiger charge is -1.89. The minimum atomic E-state index is 0.847. The second kappa shape index (κ2) is 59.7. The molecule has 0 atom stereocenters. The molecule has 5 aromatic rings. The van der Waals surface area contributed by atoms with Crippen molar-refractivity contribution in [2.24, 2.45) is 0 Å². The molecule has 0 radical (unpaired) electrons. The van der Waals surface area contributed by atoms with Gasteiger partial charge in [-0.1, -0.05) is 161 Å². The van der Waals surface area contributed by atoms with Crippen LogP contribution in [-0.4, -0.2) is 34.9 Å². The Bertz CT molecular complexity index is 982. The third kappa shape index (κ3) is 47.6. The minimum Gasteiger partial charge on any atom is -0.265 e. The molecule has 4 heterocycles. The summed E-state index contributed by atoms with van der Waals surface area (Å²) < 4.78 is 0. The van der Waals surface area contributed by atoms with Crippen molar-refractivity contribution in [3.05, 3.63) is 139 Å². The maximum atomic E-state index is 3.99. The molecule has 7 nitrogen and oxygen atoms in total. The van der Waals surface area contributed by atoms with Crippen LogP contribution >= 0.6 is 0 Å². The van der Waals surface area contributed by atoms with Gasteiger partial charge in [0.1, 0.15) is 24.3 Å². The molecule has 0 amide bonds. The fourth-order valence-corrected chi connectivity index (χ4v) is 2.90. The normalized spacial score (nSPS) is 7.79. The zero-order valence-electron chi connectivity index (χ0n) is 37.3. The standard InChI is InChI=1S/C8H10.2C7H9N.C6H8N2.C5H7N3.C3H8.5C2H6/c1-2-8-6-4-3-5-7-8;1-2-7-3-5-8-6-4-7;1-2-7-4-3-5-8-6-7;1-2-6-7-4-3-5-8-6;1-2-5-7-3-6-4-8-5;1-3-2;5*1-2/h3-7H,2H2,1H3;2*3-6H,2H2,1H3;3-5H,2H2,1H3;3-4H,2H2,1H3;3H2,1-2H3;5*1-2H3. The minimum absolute atomic E-state index is 0.847. The smallest absolute Gasteiger partial charge is 0.131 e. The third-order valence-electron chi connectivity index (χ3n) is 5.34. The molecule has 300 valence electrons. The van der Waals surface area contributed by atoms with E-state index in [4.69, 9.17) is 0 Å². The van der Waals surface area contributed by atoms with Gasteiger partial charge in [0, 0.05) is 50.0 Å². The van der Waals surface area contributed by atoms with Crippen molar-refractivity contribution in [1.82, 2.24) is 34.9 Å². The van der Waals surface area contributed by atoms with Gasteiger partial charge >= 0.3 is 0 Å². The van der Waals surface area contributed by atoms with E-state index in [1.807, 2.05) is 132 Å². The number of rotatable bonds is 5. The van der Waals surface area contributed by atoms with Gasteiger partial charge in [-0.05, 0) is 60.2 Å². The summed E-state index contributed by atoms with van der Waals surface area (Å²) in [5, 5.41) is 0. The van der Waals surface area contributed by atoms with E-state index in [1.54, 1.807) is 18.6 Å². The van der Waals surface area contributed by atoms with Crippen molar-refractivity contribution in [2.75, 3.05) is 0 Å². The van der Waals surface area contributed by atoms with Gasteiger partial charge in [-0.3, -0.25) is 9.97 Å². The van der Waals surface area contributed by atoms with Crippen molar-refractivity contribution in [3.8, 4) is 0 Å². The number of pyridine rings is 2. The summed E-state index contributed by atoms with van der Waals surface area (Å²) in [4.78, 5) is 27.2. The first-order valence-electron chi connectivity index (χ1n) is 20.3. The van der Waals surface area contributed by atoms with Crippen molar-refractivity contribution >= 4 is 0 Å². The van der Waals surface area contributed by atoms with E-state index >= 15 is 0 Å². The highest BCUT2D eigenvalue weighted by Crippen LogP contribution is 1.97. The van der Waals surface area contributed by atoms with Crippen LogP contribution in [0.2, 0.25) is 0 Å². The van der Waals surface area contributed by atoms with Gasteiger partial charge in [0.25, 0.3) is 0 Å². The number of nitrogens with zero attached hydrogens (tertiary/aromatic N) is 7. The van der Waals surface area contributed by atoms with E-state index in [-0.39, 0.29) is 0 Å². The van der Waals surface area contributed by atoms with E-state index in [2.05, 4.69) is 99.8 Å². The number of benzene rings is 1. The van der Waals surface area contributed by atoms with Crippen molar-refractivity contribution in [3.63, 3.8) is 0 Å². The van der Waals surface area contributed by atoms with Gasteiger partial charge in [-0.15, -0.1) is 0 Å². The Morgan fingerprint density at radius 3 is 1.02 bits per heavy atom. The second-order valence-corrected chi connectivity index (χ2v) is 8.90. The highest BCUT2D eigenvalue weighted by molar-refractivity contribution is 5.14. The Morgan fingerprint density at radius 2 is 0.736 bits per heavy atom. The van der Waals surface area contributed by atoms with Crippen LogP contribution in [-0.2, 0) is 32.1 Å². The molecule has 53 heavy (non-hydrogen) atoms. The Hall–Kier alpha value is -4.39. The average Bonchev–Trinajstić information content (AvgIpc) is 3.29. The summed E-state index contributed by atoms with van der Waals surface area (Å²) >= 11 is 0. The van der Waals surface area contributed by atoms with Gasteiger partial charge < -0.3 is 0 Å². The fraction of sp³-hybridized carbons (Fsp3) is 0.500. The van der Waals surface area contributed by atoms with Crippen molar-refractivity contribution in [2.45, 2.75) is 156 Å². The number of hydrogen-bond acceptors (Lipinski definition) is 7. The van der Waals surface area contributed by atoms with Gasteiger partial charge in [0.2, 0.25) is 0 Å². The maximum absolute atomic E-state index is 3.99. The lowest BCUT2D eigenvalue weighted by molar-refractivity contribution is 0.896. The molecule has 0 fully saturated rings. The van der Waals surface area contributed by atoms with Crippen molar-refractivity contribution < 1.29 is 0 Å². The maximum Gasteiger partial charge on any atom is 0.131 e. The molecule has 0 saturated heterocycles. The number of aromatic nitrogens is 7. The van der Waals surface area contributed by atoms with Crippen LogP contribution in [0.5, 0.6) is 0 Å². The molecule has 0 spiro atoms. The van der Waals surface area contributed by atoms with E-state index in [0.29, 0.717) is 0 Å². The van der Waals surface area contributed by atoms with Crippen LogP contribution < -0.4 is 0 Å². The van der Waals surface area contributed by atoms with Gasteiger partial charge in [0.15, 0.2) is 0 Å². The predicted octanol–water partition coefficient (Wildman–Crippen LogP) is 13.6. The van der Waals surface area contributed by atoms with Crippen LogP contribution in [0, 0.1) is 0 Å². The summed E-state index contributed by atoms with van der Waals surface area (Å²) in [6.07, 6.45) is 20.2. The van der Waals surface area contributed by atoms with Gasteiger partial charge in [-0.2, -0.15) is 0 Å². The zero-order chi connectivity index (χ0) is 41.8. The first-order chi connectivity index (χ1) is 26.1. The molecule has 0 aliphatic carbocycles. The Balaban J connectivity index is -0.000000121.